The molecule has 1 aliphatic rings. The number of likely N-dealkylation sites (tertiary alicyclic amines) is 1. The number of amidine groups is 1. The van der Waals surface area contributed by atoms with Gasteiger partial charge >= 0.3 is 0 Å². The molecule has 0 aliphatic carbocycles. The second kappa shape index (κ2) is 6.94. The van der Waals surface area contributed by atoms with Gasteiger partial charge in [0.2, 0.25) is 0 Å². The van der Waals surface area contributed by atoms with E-state index in [-0.39, 0.29) is 6.04 Å². The van der Waals surface area contributed by atoms with Gasteiger partial charge in [0.15, 0.2) is 0 Å². The number of nitrogens with two attached hydrogens (primary N) is 1. The van der Waals surface area contributed by atoms with Crippen LogP contribution in [0.4, 0.5) is 0 Å². The summed E-state index contributed by atoms with van der Waals surface area (Å²) in [5.74, 6) is 1.63. The SMILES string of the molecule is CC1CC(C)C(C)N(C(C/C(N)=N/O)c2ccccc2)C1. The summed E-state index contributed by atoms with van der Waals surface area (Å²) >= 11 is 0. The number of hydrogen-bond donors (Lipinski definition) is 2. The summed E-state index contributed by atoms with van der Waals surface area (Å²) in [6.45, 7) is 7.97. The van der Waals surface area contributed by atoms with Gasteiger partial charge in [0.25, 0.3) is 0 Å². The fourth-order valence-electron chi connectivity index (χ4n) is 3.51. The number of oxime groups is 1. The van der Waals surface area contributed by atoms with Crippen LogP contribution in [0.15, 0.2) is 35.5 Å². The average molecular weight is 289 g/mol. The molecule has 2 rings (SSSR count). The van der Waals surface area contributed by atoms with Gasteiger partial charge in [-0.1, -0.05) is 49.3 Å². The maximum atomic E-state index is 8.94. The van der Waals surface area contributed by atoms with Crippen LogP contribution in [-0.4, -0.2) is 28.5 Å². The maximum Gasteiger partial charge on any atom is 0.141 e. The van der Waals surface area contributed by atoms with Gasteiger partial charge in [0.05, 0.1) is 0 Å². The molecule has 1 aliphatic heterocycles. The molecular formula is C17H27N3O. The minimum atomic E-state index is 0.169. The quantitative estimate of drug-likeness (QED) is 0.387. The predicted molar refractivity (Wildman–Crippen MR) is 86.3 cm³/mol. The van der Waals surface area contributed by atoms with Crippen molar-refractivity contribution in [1.29, 1.82) is 0 Å². The molecule has 1 aromatic carbocycles. The van der Waals surface area contributed by atoms with Crippen molar-refractivity contribution in [3.05, 3.63) is 35.9 Å². The Morgan fingerprint density at radius 1 is 1.33 bits per heavy atom. The number of benzene rings is 1. The molecule has 4 nitrogen and oxygen atoms in total. The van der Waals surface area contributed by atoms with E-state index in [2.05, 4.69) is 55.1 Å². The largest absolute Gasteiger partial charge is 0.409 e. The molecule has 0 amide bonds. The van der Waals surface area contributed by atoms with Gasteiger partial charge < -0.3 is 10.9 Å². The summed E-state index contributed by atoms with van der Waals surface area (Å²) in [6.07, 6.45) is 1.83. The molecule has 21 heavy (non-hydrogen) atoms. The van der Waals surface area contributed by atoms with Crippen LogP contribution in [-0.2, 0) is 0 Å². The Balaban J connectivity index is 2.30. The number of rotatable bonds is 4. The molecule has 116 valence electrons. The van der Waals surface area contributed by atoms with E-state index in [1.165, 1.54) is 12.0 Å². The number of piperidine rings is 1. The minimum Gasteiger partial charge on any atom is -0.409 e. The highest BCUT2D eigenvalue weighted by Crippen LogP contribution is 2.35. The lowest BCUT2D eigenvalue weighted by atomic mass is 9.83. The molecular weight excluding hydrogens is 262 g/mol. The molecule has 1 heterocycles. The molecule has 1 saturated heterocycles. The first kappa shape index (κ1) is 15.8. The molecule has 1 fully saturated rings. The van der Waals surface area contributed by atoms with Crippen LogP contribution in [0.5, 0.6) is 0 Å². The topological polar surface area (TPSA) is 61.8 Å². The van der Waals surface area contributed by atoms with Gasteiger partial charge in [-0.15, -0.1) is 0 Å². The monoisotopic (exact) mass is 289 g/mol. The molecule has 0 saturated carbocycles. The van der Waals surface area contributed by atoms with E-state index in [0.29, 0.717) is 30.1 Å². The van der Waals surface area contributed by atoms with Crippen LogP contribution in [0.3, 0.4) is 0 Å². The van der Waals surface area contributed by atoms with Crippen molar-refractivity contribution in [2.75, 3.05) is 6.54 Å². The van der Waals surface area contributed by atoms with E-state index in [1.54, 1.807) is 0 Å². The van der Waals surface area contributed by atoms with E-state index >= 15 is 0 Å². The third-order valence-electron chi connectivity index (χ3n) is 4.76. The first-order valence-electron chi connectivity index (χ1n) is 7.80. The van der Waals surface area contributed by atoms with Crippen molar-refractivity contribution in [2.24, 2.45) is 22.7 Å². The van der Waals surface area contributed by atoms with Crippen molar-refractivity contribution in [3.63, 3.8) is 0 Å². The van der Waals surface area contributed by atoms with Gasteiger partial charge in [-0.05, 0) is 30.7 Å². The molecule has 3 N–H and O–H groups in total. The zero-order chi connectivity index (χ0) is 15.4. The summed E-state index contributed by atoms with van der Waals surface area (Å²) in [5, 5.41) is 12.1. The van der Waals surface area contributed by atoms with Gasteiger partial charge in [0, 0.05) is 25.0 Å². The predicted octanol–water partition coefficient (Wildman–Crippen LogP) is 3.23. The highest BCUT2D eigenvalue weighted by Gasteiger charge is 2.34. The van der Waals surface area contributed by atoms with Crippen molar-refractivity contribution in [3.8, 4) is 0 Å². The van der Waals surface area contributed by atoms with Gasteiger partial charge in [0.1, 0.15) is 5.84 Å². The van der Waals surface area contributed by atoms with Crippen molar-refractivity contribution >= 4 is 5.84 Å². The molecule has 0 bridgehead atoms. The summed E-state index contributed by atoms with van der Waals surface area (Å²) < 4.78 is 0. The van der Waals surface area contributed by atoms with Gasteiger partial charge in [-0.3, -0.25) is 4.90 Å². The molecule has 0 radical (unpaired) electrons. The number of hydrogen-bond acceptors (Lipinski definition) is 3. The average Bonchev–Trinajstić information content (AvgIpc) is 2.49. The Bertz CT molecular complexity index is 474. The number of nitrogens with zero attached hydrogens (tertiary/aromatic N) is 2. The van der Waals surface area contributed by atoms with E-state index in [4.69, 9.17) is 10.9 Å². The molecule has 1 aromatic rings. The third-order valence-corrected chi connectivity index (χ3v) is 4.76. The zero-order valence-electron chi connectivity index (χ0n) is 13.2. The lowest BCUT2D eigenvalue weighted by Gasteiger charge is -2.45. The third kappa shape index (κ3) is 3.76. The normalized spacial score (nSPS) is 29.3. The van der Waals surface area contributed by atoms with Crippen LogP contribution in [0, 0.1) is 11.8 Å². The van der Waals surface area contributed by atoms with Crippen LogP contribution in [0.2, 0.25) is 0 Å². The zero-order valence-corrected chi connectivity index (χ0v) is 13.2. The van der Waals surface area contributed by atoms with Gasteiger partial charge in [-0.2, -0.15) is 0 Å². The lowest BCUT2D eigenvalue weighted by molar-refractivity contribution is 0.0415. The Morgan fingerprint density at radius 2 is 2.00 bits per heavy atom. The Hall–Kier alpha value is -1.55. The van der Waals surface area contributed by atoms with Crippen LogP contribution < -0.4 is 5.73 Å². The highest BCUT2D eigenvalue weighted by atomic mass is 16.4. The van der Waals surface area contributed by atoms with Crippen LogP contribution in [0.1, 0.15) is 45.2 Å². The summed E-state index contributed by atoms with van der Waals surface area (Å²) in [4.78, 5) is 2.52. The van der Waals surface area contributed by atoms with Gasteiger partial charge in [-0.25, -0.2) is 0 Å². The van der Waals surface area contributed by atoms with E-state index in [9.17, 15) is 0 Å². The second-order valence-electron chi connectivity index (χ2n) is 6.48. The minimum absolute atomic E-state index is 0.169. The molecule has 4 heteroatoms. The fourth-order valence-corrected chi connectivity index (χ4v) is 3.51. The maximum absolute atomic E-state index is 8.94. The van der Waals surface area contributed by atoms with Crippen molar-refractivity contribution in [1.82, 2.24) is 4.90 Å². The molecule has 4 atom stereocenters. The molecule has 0 spiro atoms. The van der Waals surface area contributed by atoms with E-state index in [1.807, 2.05) is 6.07 Å². The fraction of sp³-hybridized carbons (Fsp3) is 0.588. The van der Waals surface area contributed by atoms with E-state index < -0.39 is 0 Å². The smallest absolute Gasteiger partial charge is 0.141 e. The molecule has 4 unspecified atom stereocenters. The van der Waals surface area contributed by atoms with Crippen LogP contribution >= 0.6 is 0 Å². The van der Waals surface area contributed by atoms with Crippen molar-refractivity contribution < 1.29 is 5.21 Å². The summed E-state index contributed by atoms with van der Waals surface area (Å²) in [7, 11) is 0. The first-order chi connectivity index (χ1) is 10.0. The Labute approximate surface area is 127 Å². The summed E-state index contributed by atoms with van der Waals surface area (Å²) in [6, 6.07) is 11.1. The second-order valence-corrected chi connectivity index (χ2v) is 6.48. The Kier molecular flexibility index (Phi) is 5.23. The van der Waals surface area contributed by atoms with E-state index in [0.717, 1.165) is 6.54 Å². The highest BCUT2D eigenvalue weighted by molar-refractivity contribution is 5.80. The standard InChI is InChI=1S/C17H27N3O/c1-12-9-13(2)14(3)20(11-12)16(10-17(18)19-21)15-7-5-4-6-8-15/h4-8,12-14,16,21H,9-11H2,1-3H3,(H2,18,19). The Morgan fingerprint density at radius 3 is 2.62 bits per heavy atom. The summed E-state index contributed by atoms with van der Waals surface area (Å²) in [5.41, 5.74) is 7.04. The first-order valence-corrected chi connectivity index (χ1v) is 7.80. The van der Waals surface area contributed by atoms with Crippen molar-refractivity contribution in [2.45, 2.75) is 45.7 Å². The lowest BCUT2D eigenvalue weighted by Crippen LogP contribution is -2.48. The molecule has 0 aromatic heterocycles. The van der Waals surface area contributed by atoms with Crippen LogP contribution in [0.25, 0.3) is 0 Å².